The summed E-state index contributed by atoms with van der Waals surface area (Å²) in [5.41, 5.74) is 2.18. The quantitative estimate of drug-likeness (QED) is 0.340. The lowest BCUT2D eigenvalue weighted by atomic mass is 10.1. The Hall–Kier alpha value is -3.85. The van der Waals surface area contributed by atoms with Crippen molar-refractivity contribution in [3.8, 4) is 5.75 Å². The summed E-state index contributed by atoms with van der Waals surface area (Å²) < 4.78 is 34.1. The molecule has 39 heavy (non-hydrogen) atoms. The summed E-state index contributed by atoms with van der Waals surface area (Å²) in [6, 6.07) is 21.6. The average molecular weight is 552 g/mol. The smallest absolute Gasteiger partial charge is 0.264 e. The Morgan fingerprint density at radius 1 is 0.897 bits per heavy atom. The Bertz CT molecular complexity index is 1340. The maximum absolute atomic E-state index is 14.0. The molecule has 0 saturated carbocycles. The highest BCUT2D eigenvalue weighted by atomic mass is 32.2. The van der Waals surface area contributed by atoms with Crippen molar-refractivity contribution < 1.29 is 22.7 Å². The lowest BCUT2D eigenvalue weighted by Crippen LogP contribution is -2.52. The molecule has 0 aliphatic carbocycles. The predicted octanol–water partition coefficient (Wildman–Crippen LogP) is 4.40. The SMILES string of the molecule is CCNC(=O)[C@H](CC)N(Cc1cccc(OC)c1)C(=O)CN(c1ccc(CC)cc1)S(=O)(=O)c1ccccc1. The van der Waals surface area contributed by atoms with Crippen molar-refractivity contribution in [3.05, 3.63) is 90.0 Å². The van der Waals surface area contributed by atoms with Gasteiger partial charge in [-0.1, -0.05) is 56.3 Å². The van der Waals surface area contributed by atoms with Crippen molar-refractivity contribution >= 4 is 27.5 Å². The number of benzene rings is 3. The van der Waals surface area contributed by atoms with E-state index in [4.69, 9.17) is 4.74 Å². The maximum Gasteiger partial charge on any atom is 0.264 e. The van der Waals surface area contributed by atoms with Gasteiger partial charge in [-0.2, -0.15) is 0 Å². The van der Waals surface area contributed by atoms with Crippen LogP contribution in [0.15, 0.2) is 83.8 Å². The second-order valence-electron chi connectivity index (χ2n) is 9.04. The number of nitrogens with one attached hydrogen (secondary N) is 1. The van der Waals surface area contributed by atoms with Crippen LogP contribution in [0.1, 0.15) is 38.3 Å². The molecule has 0 saturated heterocycles. The highest BCUT2D eigenvalue weighted by Gasteiger charge is 2.33. The number of nitrogens with zero attached hydrogens (tertiary/aromatic N) is 2. The van der Waals surface area contributed by atoms with Crippen molar-refractivity contribution in [3.63, 3.8) is 0 Å². The first-order valence-corrected chi connectivity index (χ1v) is 14.6. The number of aryl methyl sites for hydroxylation is 1. The second kappa shape index (κ2) is 13.8. The Balaban J connectivity index is 2.05. The third-order valence-electron chi connectivity index (χ3n) is 6.47. The van der Waals surface area contributed by atoms with E-state index in [1.54, 1.807) is 49.6 Å². The van der Waals surface area contributed by atoms with Crippen molar-refractivity contribution in [1.82, 2.24) is 10.2 Å². The minimum atomic E-state index is -4.08. The number of amides is 2. The number of hydrogen-bond acceptors (Lipinski definition) is 5. The van der Waals surface area contributed by atoms with Crippen LogP contribution in [-0.4, -0.2) is 51.4 Å². The summed E-state index contributed by atoms with van der Waals surface area (Å²) in [6.07, 6.45) is 1.15. The van der Waals surface area contributed by atoms with Crippen molar-refractivity contribution in [2.75, 3.05) is 24.5 Å². The van der Waals surface area contributed by atoms with Crippen LogP contribution in [0.2, 0.25) is 0 Å². The Morgan fingerprint density at radius 3 is 2.18 bits per heavy atom. The molecule has 0 spiro atoms. The molecule has 0 aliphatic heterocycles. The van der Waals surface area contributed by atoms with Crippen LogP contribution in [-0.2, 0) is 32.6 Å². The molecule has 0 radical (unpaired) electrons. The number of methoxy groups -OCH3 is 1. The molecule has 0 fully saturated rings. The maximum atomic E-state index is 14.0. The number of likely N-dealkylation sites (N-methyl/N-ethyl adjacent to an activating group) is 1. The zero-order chi connectivity index (χ0) is 28.4. The first-order valence-electron chi connectivity index (χ1n) is 13.1. The molecule has 0 unspecified atom stereocenters. The van der Waals surface area contributed by atoms with Gasteiger partial charge in [0.15, 0.2) is 0 Å². The van der Waals surface area contributed by atoms with E-state index < -0.39 is 28.5 Å². The zero-order valence-corrected chi connectivity index (χ0v) is 23.8. The largest absolute Gasteiger partial charge is 0.497 e. The highest BCUT2D eigenvalue weighted by molar-refractivity contribution is 7.92. The molecule has 2 amide bonds. The Kier molecular flexibility index (Phi) is 10.5. The standard InChI is InChI=1S/C30H37N3O5S/c1-5-23-16-18-25(19-17-23)33(39(36,37)27-14-9-8-10-15-27)22-29(34)32(28(6-2)30(35)31-7-3)21-24-12-11-13-26(20-24)38-4/h8-20,28H,5-7,21-22H2,1-4H3,(H,31,35)/t28-/m0/s1. The fraction of sp³-hybridized carbons (Fsp3) is 0.333. The predicted molar refractivity (Wildman–Crippen MR) is 153 cm³/mol. The van der Waals surface area contributed by atoms with Gasteiger partial charge in [0.25, 0.3) is 10.0 Å². The molecular weight excluding hydrogens is 514 g/mol. The van der Waals surface area contributed by atoms with Gasteiger partial charge in [0.05, 0.1) is 17.7 Å². The number of carbonyl (C=O) groups excluding carboxylic acids is 2. The van der Waals surface area contributed by atoms with E-state index in [9.17, 15) is 18.0 Å². The monoisotopic (exact) mass is 551 g/mol. The highest BCUT2D eigenvalue weighted by Crippen LogP contribution is 2.25. The summed E-state index contributed by atoms with van der Waals surface area (Å²) in [4.78, 5) is 28.5. The fourth-order valence-electron chi connectivity index (χ4n) is 4.33. The van der Waals surface area contributed by atoms with Gasteiger partial charge in [0.1, 0.15) is 18.3 Å². The van der Waals surface area contributed by atoms with Gasteiger partial charge in [-0.15, -0.1) is 0 Å². The first-order chi connectivity index (χ1) is 18.7. The van der Waals surface area contributed by atoms with E-state index >= 15 is 0 Å². The number of carbonyl (C=O) groups is 2. The van der Waals surface area contributed by atoms with Crippen molar-refractivity contribution in [2.45, 2.75) is 51.1 Å². The normalized spacial score (nSPS) is 11.9. The van der Waals surface area contributed by atoms with Crippen LogP contribution >= 0.6 is 0 Å². The summed E-state index contributed by atoms with van der Waals surface area (Å²) in [5.74, 6) is -0.161. The molecule has 1 atom stereocenters. The lowest BCUT2D eigenvalue weighted by molar-refractivity contribution is -0.140. The third-order valence-corrected chi connectivity index (χ3v) is 8.25. The molecule has 0 aliphatic rings. The van der Waals surface area contributed by atoms with Crippen LogP contribution in [0.5, 0.6) is 5.75 Å². The number of rotatable bonds is 13. The molecule has 0 aromatic heterocycles. The number of hydrogen-bond donors (Lipinski definition) is 1. The summed E-state index contributed by atoms with van der Waals surface area (Å²) >= 11 is 0. The van der Waals surface area contributed by atoms with Crippen LogP contribution in [0.3, 0.4) is 0 Å². The molecule has 1 N–H and O–H groups in total. The molecule has 8 nitrogen and oxygen atoms in total. The fourth-order valence-corrected chi connectivity index (χ4v) is 5.76. The second-order valence-corrected chi connectivity index (χ2v) is 10.9. The first kappa shape index (κ1) is 29.7. The van der Waals surface area contributed by atoms with Gasteiger partial charge in [-0.3, -0.25) is 13.9 Å². The van der Waals surface area contributed by atoms with Crippen LogP contribution in [0.25, 0.3) is 0 Å². The molecule has 0 heterocycles. The average Bonchev–Trinajstić information content (AvgIpc) is 2.96. The minimum Gasteiger partial charge on any atom is -0.497 e. The van der Waals surface area contributed by atoms with Crippen LogP contribution < -0.4 is 14.4 Å². The summed E-state index contributed by atoms with van der Waals surface area (Å²) in [6.45, 7) is 5.71. The Morgan fingerprint density at radius 2 is 1.59 bits per heavy atom. The molecule has 208 valence electrons. The van der Waals surface area contributed by atoms with E-state index in [0.717, 1.165) is 21.9 Å². The molecule has 3 aromatic carbocycles. The topological polar surface area (TPSA) is 96.0 Å². The number of sulfonamides is 1. The molecule has 0 bridgehead atoms. The Labute approximate surface area is 231 Å². The van der Waals surface area contributed by atoms with Gasteiger partial charge in [0, 0.05) is 13.1 Å². The van der Waals surface area contributed by atoms with Crippen molar-refractivity contribution in [2.24, 2.45) is 0 Å². The van der Waals surface area contributed by atoms with Gasteiger partial charge >= 0.3 is 0 Å². The minimum absolute atomic E-state index is 0.0764. The third kappa shape index (κ3) is 7.38. The molecule has 3 aromatic rings. The van der Waals surface area contributed by atoms with E-state index in [1.807, 2.05) is 45.0 Å². The number of anilines is 1. The van der Waals surface area contributed by atoms with E-state index in [2.05, 4.69) is 5.32 Å². The van der Waals surface area contributed by atoms with Gasteiger partial charge in [0.2, 0.25) is 11.8 Å². The van der Waals surface area contributed by atoms with Gasteiger partial charge < -0.3 is 15.0 Å². The molecular formula is C30H37N3O5S. The molecule has 9 heteroatoms. The van der Waals surface area contributed by atoms with Crippen LogP contribution in [0, 0.1) is 0 Å². The molecule has 3 rings (SSSR count). The van der Waals surface area contributed by atoms with Crippen molar-refractivity contribution in [1.29, 1.82) is 0 Å². The van der Waals surface area contributed by atoms with E-state index in [0.29, 0.717) is 24.4 Å². The van der Waals surface area contributed by atoms with E-state index in [-0.39, 0.29) is 17.3 Å². The van der Waals surface area contributed by atoms with Gasteiger partial charge in [-0.25, -0.2) is 8.42 Å². The van der Waals surface area contributed by atoms with Gasteiger partial charge in [-0.05, 0) is 67.3 Å². The van der Waals surface area contributed by atoms with E-state index in [1.165, 1.54) is 17.0 Å². The number of ether oxygens (including phenoxy) is 1. The van der Waals surface area contributed by atoms with Crippen LogP contribution in [0.4, 0.5) is 5.69 Å². The summed E-state index contributed by atoms with van der Waals surface area (Å²) in [7, 11) is -2.53. The summed E-state index contributed by atoms with van der Waals surface area (Å²) in [5, 5.41) is 2.80. The zero-order valence-electron chi connectivity index (χ0n) is 23.0. The lowest BCUT2D eigenvalue weighted by Gasteiger charge is -2.33.